The third-order valence-corrected chi connectivity index (χ3v) is 4.32. The normalized spacial score (nSPS) is 10.3. The van der Waals surface area contributed by atoms with Crippen LogP contribution in [0.25, 0.3) is 11.3 Å². The number of aromatic amines is 1. The molecule has 0 aromatic carbocycles. The van der Waals surface area contributed by atoms with Gasteiger partial charge in [-0.3, -0.25) is 9.78 Å². The molecule has 0 atom stereocenters. The minimum atomic E-state index is -0.373. The number of aryl methyl sites for hydroxylation is 1. The average molecular weight is 337 g/mol. The molecule has 7 heteroatoms. The number of hydrogen-bond acceptors (Lipinski definition) is 6. The van der Waals surface area contributed by atoms with Crippen molar-refractivity contribution in [2.75, 3.05) is 11.9 Å². The Morgan fingerprint density at radius 1 is 1.42 bits per heavy atom. The molecule has 0 radical (unpaired) electrons. The number of pyridine rings is 2. The zero-order valence-corrected chi connectivity index (χ0v) is 13.9. The molecule has 0 aliphatic heterocycles. The summed E-state index contributed by atoms with van der Waals surface area (Å²) in [5.41, 5.74) is 2.95. The van der Waals surface area contributed by atoms with Crippen LogP contribution in [-0.4, -0.2) is 21.5 Å². The monoisotopic (exact) mass is 337 g/mol. The molecular formula is C17H15N5OS. The molecule has 24 heavy (non-hydrogen) atoms. The van der Waals surface area contributed by atoms with Crippen molar-refractivity contribution in [3.63, 3.8) is 0 Å². The topological polar surface area (TPSA) is 94.5 Å². The molecule has 3 aromatic rings. The summed E-state index contributed by atoms with van der Waals surface area (Å²) < 4.78 is 0. The fraction of sp³-hybridized carbons (Fsp3) is 0.176. The molecule has 0 spiro atoms. The Kier molecular flexibility index (Phi) is 4.68. The Hall–Kier alpha value is -2.98. The van der Waals surface area contributed by atoms with E-state index < -0.39 is 0 Å². The quantitative estimate of drug-likeness (QED) is 0.746. The molecule has 3 aromatic heterocycles. The zero-order chi connectivity index (χ0) is 16.9. The Morgan fingerprint density at radius 3 is 3.04 bits per heavy atom. The molecule has 0 bridgehead atoms. The highest BCUT2D eigenvalue weighted by molar-refractivity contribution is 7.14. The lowest BCUT2D eigenvalue weighted by Gasteiger charge is -2.03. The van der Waals surface area contributed by atoms with Gasteiger partial charge in [0, 0.05) is 41.5 Å². The fourth-order valence-electron chi connectivity index (χ4n) is 2.29. The summed E-state index contributed by atoms with van der Waals surface area (Å²) in [4.78, 5) is 23.1. The van der Waals surface area contributed by atoms with Crippen LogP contribution in [0.4, 0.5) is 5.13 Å². The van der Waals surface area contributed by atoms with Crippen molar-refractivity contribution in [3.05, 3.63) is 63.1 Å². The van der Waals surface area contributed by atoms with E-state index in [1.165, 1.54) is 11.3 Å². The van der Waals surface area contributed by atoms with E-state index in [9.17, 15) is 4.79 Å². The molecule has 0 fully saturated rings. The standard InChI is InChI=1S/C17H15N5OS/c1-11-14(8-12(9-18)16(23)21-11)15-10-24-17(22-15)20-7-5-13-4-2-3-6-19-13/h2-4,6,8,10H,5,7H2,1H3,(H,20,22)(H,21,23). The van der Waals surface area contributed by atoms with E-state index >= 15 is 0 Å². The van der Waals surface area contributed by atoms with Gasteiger partial charge in [0.25, 0.3) is 5.56 Å². The molecular weight excluding hydrogens is 322 g/mol. The molecule has 0 aliphatic rings. The second-order valence-corrected chi connectivity index (χ2v) is 6.06. The Balaban J connectivity index is 1.72. The van der Waals surface area contributed by atoms with Crippen molar-refractivity contribution in [2.45, 2.75) is 13.3 Å². The summed E-state index contributed by atoms with van der Waals surface area (Å²) in [6.07, 6.45) is 2.59. The molecule has 0 saturated carbocycles. The van der Waals surface area contributed by atoms with Gasteiger partial charge in [-0.2, -0.15) is 5.26 Å². The predicted molar refractivity (Wildman–Crippen MR) is 94.1 cm³/mol. The molecule has 2 N–H and O–H groups in total. The zero-order valence-electron chi connectivity index (χ0n) is 13.0. The first-order valence-corrected chi connectivity index (χ1v) is 8.29. The van der Waals surface area contributed by atoms with Crippen LogP contribution in [0.2, 0.25) is 0 Å². The lowest BCUT2D eigenvalue weighted by atomic mass is 10.1. The number of nitrogens with one attached hydrogen (secondary N) is 2. The van der Waals surface area contributed by atoms with Crippen LogP contribution in [-0.2, 0) is 6.42 Å². The van der Waals surface area contributed by atoms with E-state index in [-0.39, 0.29) is 11.1 Å². The van der Waals surface area contributed by atoms with Crippen molar-refractivity contribution in [1.82, 2.24) is 15.0 Å². The molecule has 0 aliphatic carbocycles. The van der Waals surface area contributed by atoms with Gasteiger partial charge in [-0.15, -0.1) is 11.3 Å². The summed E-state index contributed by atoms with van der Waals surface area (Å²) in [6.45, 7) is 2.53. The summed E-state index contributed by atoms with van der Waals surface area (Å²) in [7, 11) is 0. The van der Waals surface area contributed by atoms with E-state index in [0.717, 1.165) is 35.0 Å². The second-order valence-electron chi connectivity index (χ2n) is 5.20. The van der Waals surface area contributed by atoms with Crippen LogP contribution in [0.1, 0.15) is 17.0 Å². The first-order chi connectivity index (χ1) is 11.7. The van der Waals surface area contributed by atoms with Crippen molar-refractivity contribution in [2.24, 2.45) is 0 Å². The highest BCUT2D eigenvalue weighted by atomic mass is 32.1. The predicted octanol–water partition coefficient (Wildman–Crippen LogP) is 2.73. The number of nitrogens with zero attached hydrogens (tertiary/aromatic N) is 3. The van der Waals surface area contributed by atoms with Crippen LogP contribution < -0.4 is 10.9 Å². The molecule has 120 valence electrons. The third kappa shape index (κ3) is 3.50. The van der Waals surface area contributed by atoms with Gasteiger partial charge in [-0.1, -0.05) is 6.07 Å². The number of hydrogen-bond donors (Lipinski definition) is 2. The van der Waals surface area contributed by atoms with Crippen molar-refractivity contribution in [1.29, 1.82) is 5.26 Å². The van der Waals surface area contributed by atoms with Crippen molar-refractivity contribution >= 4 is 16.5 Å². The Bertz CT molecular complexity index is 940. The number of nitriles is 1. The van der Waals surface area contributed by atoms with Crippen molar-refractivity contribution in [3.8, 4) is 17.3 Å². The molecule has 3 heterocycles. The first-order valence-electron chi connectivity index (χ1n) is 7.41. The lowest BCUT2D eigenvalue weighted by Crippen LogP contribution is -2.12. The molecule has 0 unspecified atom stereocenters. The van der Waals surface area contributed by atoms with E-state index in [0.29, 0.717) is 5.69 Å². The van der Waals surface area contributed by atoms with Crippen molar-refractivity contribution < 1.29 is 0 Å². The van der Waals surface area contributed by atoms with Gasteiger partial charge in [-0.25, -0.2) is 4.98 Å². The first kappa shape index (κ1) is 15.9. The van der Waals surface area contributed by atoms with Gasteiger partial charge < -0.3 is 10.3 Å². The number of H-pyrrole nitrogens is 1. The third-order valence-electron chi connectivity index (χ3n) is 3.52. The summed E-state index contributed by atoms with van der Waals surface area (Å²) >= 11 is 1.49. The number of thiazole rings is 1. The maximum Gasteiger partial charge on any atom is 0.266 e. The highest BCUT2D eigenvalue weighted by Crippen LogP contribution is 2.26. The molecule has 0 amide bonds. The van der Waals surface area contributed by atoms with Crippen LogP contribution >= 0.6 is 11.3 Å². The van der Waals surface area contributed by atoms with Gasteiger partial charge in [-0.05, 0) is 25.1 Å². The fourth-order valence-corrected chi connectivity index (χ4v) is 3.03. The van der Waals surface area contributed by atoms with Gasteiger partial charge >= 0.3 is 0 Å². The summed E-state index contributed by atoms with van der Waals surface area (Å²) in [5.74, 6) is 0. The Labute approximate surface area is 142 Å². The van der Waals surface area contributed by atoms with E-state index in [4.69, 9.17) is 5.26 Å². The highest BCUT2D eigenvalue weighted by Gasteiger charge is 2.11. The van der Waals surface area contributed by atoms with Gasteiger partial charge in [0.1, 0.15) is 11.6 Å². The minimum absolute atomic E-state index is 0.0910. The lowest BCUT2D eigenvalue weighted by molar-refractivity contribution is 0.959. The minimum Gasteiger partial charge on any atom is -0.361 e. The maximum absolute atomic E-state index is 11.6. The van der Waals surface area contributed by atoms with E-state index in [2.05, 4.69) is 20.3 Å². The van der Waals surface area contributed by atoms with Gasteiger partial charge in [0.05, 0.1) is 5.69 Å². The largest absolute Gasteiger partial charge is 0.361 e. The number of aromatic nitrogens is 3. The second kappa shape index (κ2) is 7.06. The van der Waals surface area contributed by atoms with E-state index in [1.54, 1.807) is 19.2 Å². The van der Waals surface area contributed by atoms with Gasteiger partial charge in [0.15, 0.2) is 5.13 Å². The number of rotatable bonds is 5. The van der Waals surface area contributed by atoms with Gasteiger partial charge in [0.2, 0.25) is 0 Å². The number of anilines is 1. The van der Waals surface area contributed by atoms with Crippen LogP contribution in [0.15, 0.2) is 40.6 Å². The Morgan fingerprint density at radius 2 is 2.29 bits per heavy atom. The summed E-state index contributed by atoms with van der Waals surface area (Å²) in [6, 6.07) is 9.34. The SMILES string of the molecule is Cc1[nH]c(=O)c(C#N)cc1-c1csc(NCCc2ccccn2)n1. The average Bonchev–Trinajstić information content (AvgIpc) is 3.04. The molecule has 0 saturated heterocycles. The van der Waals surface area contributed by atoms with Crippen LogP contribution in [0.3, 0.4) is 0 Å². The van der Waals surface area contributed by atoms with E-state index in [1.807, 2.05) is 29.6 Å². The van der Waals surface area contributed by atoms with Crippen LogP contribution in [0.5, 0.6) is 0 Å². The summed E-state index contributed by atoms with van der Waals surface area (Å²) in [5, 5.41) is 15.0. The molecule has 6 nitrogen and oxygen atoms in total. The molecule has 3 rings (SSSR count). The maximum atomic E-state index is 11.6. The smallest absolute Gasteiger partial charge is 0.266 e. The van der Waals surface area contributed by atoms with Crippen LogP contribution in [0, 0.1) is 18.3 Å².